The lowest BCUT2D eigenvalue weighted by molar-refractivity contribution is -0.0191. The van der Waals surface area contributed by atoms with Crippen LogP contribution in [-0.4, -0.2) is 41.9 Å². The predicted molar refractivity (Wildman–Crippen MR) is 123 cm³/mol. The molecule has 2 aliphatic rings. The van der Waals surface area contributed by atoms with Gasteiger partial charge >= 0.3 is 0 Å². The Morgan fingerprint density at radius 2 is 1.97 bits per heavy atom. The highest BCUT2D eigenvalue weighted by molar-refractivity contribution is 5.86. The molecule has 32 heavy (non-hydrogen) atoms. The third-order valence-corrected chi connectivity index (χ3v) is 7.71. The van der Waals surface area contributed by atoms with Crippen LogP contribution < -0.4 is 11.5 Å². The van der Waals surface area contributed by atoms with Crippen molar-refractivity contribution in [2.24, 2.45) is 11.3 Å². The minimum Gasteiger partial charge on any atom is -0.390 e. The van der Waals surface area contributed by atoms with Gasteiger partial charge in [0.1, 0.15) is 29.7 Å². The highest BCUT2D eigenvalue weighted by atomic mass is 16.3. The van der Waals surface area contributed by atoms with Gasteiger partial charge in [0.15, 0.2) is 0 Å². The number of aliphatic hydroxyl groups excluding tert-OH is 2. The van der Waals surface area contributed by atoms with E-state index in [1.165, 1.54) is 6.33 Å². The predicted octanol–water partition coefficient (Wildman–Crippen LogP) is 2.37. The Balaban J connectivity index is 1.26. The molecular formula is C24H26N6O2. The third kappa shape index (κ3) is 2.66. The summed E-state index contributed by atoms with van der Waals surface area (Å²) < 4.78 is 1.96. The number of anilines is 2. The Morgan fingerprint density at radius 1 is 1.12 bits per heavy atom. The fourth-order valence-electron chi connectivity index (χ4n) is 5.81. The normalized spacial score (nSPS) is 29.0. The molecule has 6 rings (SSSR count). The van der Waals surface area contributed by atoms with Gasteiger partial charge < -0.3 is 26.2 Å². The highest BCUT2D eigenvalue weighted by Gasteiger charge is 2.70. The quantitative estimate of drug-likeness (QED) is 0.390. The van der Waals surface area contributed by atoms with Crippen LogP contribution in [0.3, 0.4) is 0 Å². The molecule has 2 saturated carbocycles. The highest BCUT2D eigenvalue weighted by Crippen LogP contribution is 2.69. The molecule has 5 atom stereocenters. The zero-order valence-corrected chi connectivity index (χ0v) is 17.8. The number of nitrogen functional groups attached to an aromatic ring is 2. The first-order valence-electron chi connectivity index (χ1n) is 11.0. The van der Waals surface area contributed by atoms with E-state index in [4.69, 9.17) is 11.5 Å². The number of fused-ring (bicyclic) bond motifs is 3. The van der Waals surface area contributed by atoms with Crippen LogP contribution in [0, 0.1) is 18.3 Å². The summed E-state index contributed by atoms with van der Waals surface area (Å²) in [5, 5.41) is 23.8. The molecule has 0 saturated heterocycles. The summed E-state index contributed by atoms with van der Waals surface area (Å²) in [5.41, 5.74) is 15.4. The largest absolute Gasteiger partial charge is 0.390 e. The molecule has 0 bridgehead atoms. The molecule has 0 amide bonds. The number of aryl methyl sites for hydroxylation is 2. The number of aromatic nitrogens is 4. The van der Waals surface area contributed by atoms with E-state index in [0.29, 0.717) is 17.3 Å². The molecule has 164 valence electrons. The fraction of sp³-hybridized carbons (Fsp3) is 0.375. The Kier molecular flexibility index (Phi) is 4.03. The van der Waals surface area contributed by atoms with E-state index in [0.717, 1.165) is 46.7 Å². The lowest BCUT2D eigenvalue weighted by atomic mass is 9.91. The average molecular weight is 431 g/mol. The van der Waals surface area contributed by atoms with Crippen molar-refractivity contribution in [2.75, 3.05) is 11.5 Å². The van der Waals surface area contributed by atoms with Gasteiger partial charge in [0.05, 0.1) is 23.0 Å². The van der Waals surface area contributed by atoms with Gasteiger partial charge in [-0.15, -0.1) is 0 Å². The molecule has 0 radical (unpaired) electrons. The van der Waals surface area contributed by atoms with Crippen molar-refractivity contribution < 1.29 is 10.2 Å². The van der Waals surface area contributed by atoms with Crippen LogP contribution in [0.1, 0.15) is 30.0 Å². The Hall–Kier alpha value is -3.23. The zero-order valence-electron chi connectivity index (χ0n) is 17.8. The van der Waals surface area contributed by atoms with E-state index in [-0.39, 0.29) is 17.4 Å². The van der Waals surface area contributed by atoms with E-state index in [1.807, 2.05) is 23.8 Å². The van der Waals surface area contributed by atoms with E-state index in [2.05, 4.69) is 39.2 Å². The minimum absolute atomic E-state index is 0.191. The number of benzene rings is 1. The first-order chi connectivity index (χ1) is 15.4. The van der Waals surface area contributed by atoms with Gasteiger partial charge in [-0.1, -0.05) is 12.1 Å². The van der Waals surface area contributed by atoms with E-state index < -0.39 is 12.2 Å². The number of nitrogens with zero attached hydrogens (tertiary/aromatic N) is 4. The molecule has 6 N–H and O–H groups in total. The van der Waals surface area contributed by atoms with Gasteiger partial charge in [0, 0.05) is 17.0 Å². The van der Waals surface area contributed by atoms with Crippen LogP contribution in [0.2, 0.25) is 0 Å². The molecule has 2 aliphatic carbocycles. The molecule has 0 spiro atoms. The maximum absolute atomic E-state index is 11.0. The Labute approximate surface area is 184 Å². The molecule has 3 aromatic heterocycles. The standard InChI is InChI=1S/C24H26N6O2/c1-12-8-14-3-2-13(9-17(14)29-21(12)25)4-6-24-10-16(24)18(19(31)20(24)32)30-7-5-15-22(26)27-11-28-23(15)30/h2-3,5,7-9,11,16,18-20,31-32H,4,6,10H2,1H3,(H2,25,29)(H2,26,27,28)/t16-,18-,19+,20+,24-/m1/s1. The summed E-state index contributed by atoms with van der Waals surface area (Å²) in [6.45, 7) is 1.96. The van der Waals surface area contributed by atoms with Crippen molar-refractivity contribution in [3.05, 3.63) is 54.0 Å². The third-order valence-electron chi connectivity index (χ3n) is 7.71. The number of hydrogen-bond acceptors (Lipinski definition) is 7. The molecule has 8 nitrogen and oxygen atoms in total. The van der Waals surface area contributed by atoms with Crippen molar-refractivity contribution in [3.8, 4) is 0 Å². The summed E-state index contributed by atoms with van der Waals surface area (Å²) in [5.74, 6) is 1.16. The van der Waals surface area contributed by atoms with Crippen molar-refractivity contribution in [1.29, 1.82) is 0 Å². The summed E-state index contributed by atoms with van der Waals surface area (Å²) in [6.07, 6.45) is 4.21. The van der Waals surface area contributed by atoms with E-state index >= 15 is 0 Å². The average Bonchev–Trinajstić information content (AvgIpc) is 3.27. The molecule has 4 aromatic rings. The van der Waals surface area contributed by atoms with Gasteiger partial charge in [-0.25, -0.2) is 15.0 Å². The summed E-state index contributed by atoms with van der Waals surface area (Å²) in [7, 11) is 0. The Bertz CT molecular complexity index is 1370. The van der Waals surface area contributed by atoms with Crippen LogP contribution >= 0.6 is 0 Å². The molecule has 0 unspecified atom stereocenters. The van der Waals surface area contributed by atoms with Crippen molar-refractivity contribution in [2.45, 2.75) is 44.4 Å². The van der Waals surface area contributed by atoms with Gasteiger partial charge in [0.2, 0.25) is 0 Å². The second-order valence-electron chi connectivity index (χ2n) is 9.41. The van der Waals surface area contributed by atoms with Crippen LogP contribution in [0.25, 0.3) is 21.9 Å². The topological polar surface area (TPSA) is 136 Å². The second kappa shape index (κ2) is 6.63. The minimum atomic E-state index is -0.846. The lowest BCUT2D eigenvalue weighted by Crippen LogP contribution is -2.34. The molecular weight excluding hydrogens is 404 g/mol. The summed E-state index contributed by atoms with van der Waals surface area (Å²) in [6, 6.07) is 9.97. The molecule has 8 heteroatoms. The lowest BCUT2D eigenvalue weighted by Gasteiger charge is -2.24. The first-order valence-corrected chi connectivity index (χ1v) is 11.0. The van der Waals surface area contributed by atoms with Crippen LogP contribution in [-0.2, 0) is 6.42 Å². The van der Waals surface area contributed by atoms with Crippen molar-refractivity contribution in [1.82, 2.24) is 19.5 Å². The molecule has 2 fully saturated rings. The smallest absolute Gasteiger partial charge is 0.145 e. The SMILES string of the molecule is Cc1cc2ccc(CC[C@@]34C[C@@H]3[C@@H](n3ccc5c(N)ncnc53)[C@H](O)[C@@H]4O)cc2nc1N. The van der Waals surface area contributed by atoms with E-state index in [1.54, 1.807) is 0 Å². The fourth-order valence-corrected chi connectivity index (χ4v) is 5.81. The summed E-state index contributed by atoms with van der Waals surface area (Å²) >= 11 is 0. The number of nitrogens with two attached hydrogens (primary N) is 2. The van der Waals surface area contributed by atoms with Gasteiger partial charge in [-0.3, -0.25) is 0 Å². The maximum Gasteiger partial charge on any atom is 0.145 e. The zero-order chi connectivity index (χ0) is 22.2. The number of aliphatic hydroxyl groups is 2. The van der Waals surface area contributed by atoms with Crippen LogP contribution in [0.15, 0.2) is 42.9 Å². The first kappa shape index (κ1) is 19.5. The van der Waals surface area contributed by atoms with Crippen LogP contribution in [0.4, 0.5) is 11.6 Å². The molecule has 3 heterocycles. The number of rotatable bonds is 4. The van der Waals surface area contributed by atoms with Gasteiger partial charge in [0.25, 0.3) is 0 Å². The van der Waals surface area contributed by atoms with Gasteiger partial charge in [-0.2, -0.15) is 0 Å². The number of hydrogen-bond donors (Lipinski definition) is 4. The molecule has 1 aromatic carbocycles. The summed E-state index contributed by atoms with van der Waals surface area (Å²) in [4.78, 5) is 12.9. The monoisotopic (exact) mass is 430 g/mol. The second-order valence-corrected chi connectivity index (χ2v) is 9.41. The number of pyridine rings is 1. The van der Waals surface area contributed by atoms with Gasteiger partial charge in [-0.05, 0) is 61.4 Å². The van der Waals surface area contributed by atoms with Crippen LogP contribution in [0.5, 0.6) is 0 Å². The van der Waals surface area contributed by atoms with Crippen molar-refractivity contribution >= 4 is 33.6 Å². The molecule has 0 aliphatic heterocycles. The Morgan fingerprint density at radius 3 is 2.81 bits per heavy atom. The van der Waals surface area contributed by atoms with Crippen molar-refractivity contribution in [3.63, 3.8) is 0 Å². The maximum atomic E-state index is 11.0. The van der Waals surface area contributed by atoms with E-state index in [9.17, 15) is 10.2 Å².